The molecule has 0 aliphatic heterocycles. The van der Waals surface area contributed by atoms with Crippen LogP contribution in [0.3, 0.4) is 0 Å². The Bertz CT molecular complexity index is 943. The van der Waals surface area contributed by atoms with Crippen molar-refractivity contribution in [3.63, 3.8) is 0 Å². The van der Waals surface area contributed by atoms with E-state index in [-0.39, 0.29) is 11.8 Å². The van der Waals surface area contributed by atoms with Gasteiger partial charge in [-0.25, -0.2) is 9.67 Å². The summed E-state index contributed by atoms with van der Waals surface area (Å²) in [6.45, 7) is 2.94. The van der Waals surface area contributed by atoms with Crippen molar-refractivity contribution in [2.24, 2.45) is 0 Å². The van der Waals surface area contributed by atoms with Crippen molar-refractivity contribution >= 4 is 23.2 Å². The van der Waals surface area contributed by atoms with Crippen LogP contribution < -0.4 is 10.6 Å². The summed E-state index contributed by atoms with van der Waals surface area (Å²) in [5, 5.41) is 9.64. The Labute approximate surface area is 181 Å². The average molecular weight is 422 g/mol. The third kappa shape index (κ3) is 7.35. The molecule has 1 atom stereocenters. The van der Waals surface area contributed by atoms with Crippen LogP contribution in [-0.4, -0.2) is 39.8 Å². The van der Waals surface area contributed by atoms with E-state index in [1.165, 1.54) is 22.9 Å². The number of hydrogen-bond acceptors (Lipinski definition) is 5. The summed E-state index contributed by atoms with van der Waals surface area (Å²) < 4.78 is 7.09. The molecular weight excluding hydrogens is 394 g/mol. The van der Waals surface area contributed by atoms with E-state index >= 15 is 0 Å². The smallest absolute Gasteiger partial charge is 0.249 e. The second-order valence-corrected chi connectivity index (χ2v) is 7.12. The molecule has 1 aromatic heterocycles. The molecule has 1 heterocycles. The monoisotopic (exact) mass is 421 g/mol. The van der Waals surface area contributed by atoms with Crippen LogP contribution in [0.5, 0.6) is 0 Å². The molecule has 0 saturated heterocycles. The number of anilines is 2. The molecule has 31 heavy (non-hydrogen) atoms. The van der Waals surface area contributed by atoms with Gasteiger partial charge in [0.15, 0.2) is 0 Å². The number of carbonyl (C=O) groups excluding carboxylic acids is 2. The first-order valence-electron chi connectivity index (χ1n) is 10.3. The minimum absolute atomic E-state index is 0.0664. The van der Waals surface area contributed by atoms with Gasteiger partial charge in [-0.05, 0) is 49.6 Å². The van der Waals surface area contributed by atoms with Crippen molar-refractivity contribution < 1.29 is 14.3 Å². The van der Waals surface area contributed by atoms with Gasteiger partial charge < -0.3 is 15.4 Å². The first-order chi connectivity index (χ1) is 15.1. The fourth-order valence-corrected chi connectivity index (χ4v) is 2.92. The Kier molecular flexibility index (Phi) is 8.30. The topological polar surface area (TPSA) is 98.1 Å². The molecule has 0 radical (unpaired) electrons. The van der Waals surface area contributed by atoms with E-state index in [9.17, 15) is 9.59 Å². The molecule has 3 rings (SSSR count). The quantitative estimate of drug-likeness (QED) is 0.462. The summed E-state index contributed by atoms with van der Waals surface area (Å²) in [6.07, 6.45) is 4.80. The standard InChI is InChI=1S/C23H27N5O3/c1-18(28-17-24-16-25-28)23(30)27-21-11-9-20(10-12-21)26-22(29)8-5-14-31-15-13-19-6-3-2-4-7-19/h2-4,6-7,9-12,16-18H,5,8,13-15H2,1H3,(H,26,29)(H,27,30). The fourth-order valence-electron chi connectivity index (χ4n) is 2.92. The lowest BCUT2D eigenvalue weighted by Gasteiger charge is -2.12. The van der Waals surface area contributed by atoms with Crippen molar-refractivity contribution in [3.05, 3.63) is 72.8 Å². The minimum atomic E-state index is -0.475. The third-order valence-corrected chi connectivity index (χ3v) is 4.72. The van der Waals surface area contributed by atoms with Crippen molar-refractivity contribution in [2.45, 2.75) is 32.2 Å². The van der Waals surface area contributed by atoms with Crippen LogP contribution in [-0.2, 0) is 20.7 Å². The van der Waals surface area contributed by atoms with Gasteiger partial charge in [0.05, 0.1) is 6.61 Å². The first kappa shape index (κ1) is 22.2. The zero-order valence-electron chi connectivity index (χ0n) is 17.5. The van der Waals surface area contributed by atoms with Gasteiger partial charge in [-0.15, -0.1) is 0 Å². The van der Waals surface area contributed by atoms with Crippen LogP contribution >= 0.6 is 0 Å². The Balaban J connectivity index is 1.32. The highest BCUT2D eigenvalue weighted by molar-refractivity contribution is 5.94. The van der Waals surface area contributed by atoms with Gasteiger partial charge in [0.2, 0.25) is 11.8 Å². The summed E-state index contributed by atoms with van der Waals surface area (Å²) >= 11 is 0. The largest absolute Gasteiger partial charge is 0.381 e. The summed E-state index contributed by atoms with van der Waals surface area (Å²) in [5.74, 6) is -0.266. The molecule has 0 fully saturated rings. The van der Waals surface area contributed by atoms with E-state index in [1.807, 2.05) is 18.2 Å². The molecule has 1 unspecified atom stereocenters. The summed E-state index contributed by atoms with van der Waals surface area (Å²) in [5.41, 5.74) is 2.56. The van der Waals surface area contributed by atoms with Gasteiger partial charge in [-0.3, -0.25) is 9.59 Å². The number of rotatable bonds is 11. The van der Waals surface area contributed by atoms with Crippen LogP contribution in [0.4, 0.5) is 11.4 Å². The lowest BCUT2D eigenvalue weighted by Crippen LogP contribution is -2.24. The summed E-state index contributed by atoms with van der Waals surface area (Å²) in [7, 11) is 0. The Morgan fingerprint density at radius 2 is 1.71 bits per heavy atom. The second kappa shape index (κ2) is 11.6. The van der Waals surface area contributed by atoms with Gasteiger partial charge in [0, 0.05) is 24.4 Å². The Hall–Kier alpha value is -3.52. The van der Waals surface area contributed by atoms with Crippen molar-refractivity contribution in [1.82, 2.24) is 14.8 Å². The highest BCUT2D eigenvalue weighted by Gasteiger charge is 2.15. The van der Waals surface area contributed by atoms with Crippen LogP contribution in [0.2, 0.25) is 0 Å². The number of hydrogen-bond donors (Lipinski definition) is 2. The number of nitrogens with one attached hydrogen (secondary N) is 2. The van der Waals surface area contributed by atoms with Gasteiger partial charge >= 0.3 is 0 Å². The van der Waals surface area contributed by atoms with Gasteiger partial charge in [0.25, 0.3) is 0 Å². The number of nitrogens with zero attached hydrogens (tertiary/aromatic N) is 3. The molecular formula is C23H27N5O3. The van der Waals surface area contributed by atoms with Gasteiger partial charge in [0.1, 0.15) is 18.7 Å². The van der Waals surface area contributed by atoms with Gasteiger partial charge in [-0.2, -0.15) is 5.10 Å². The highest BCUT2D eigenvalue weighted by Crippen LogP contribution is 2.16. The van der Waals surface area contributed by atoms with Crippen molar-refractivity contribution in [1.29, 1.82) is 0 Å². The summed E-state index contributed by atoms with van der Waals surface area (Å²) in [6, 6.07) is 16.7. The Morgan fingerprint density at radius 1 is 1.00 bits per heavy atom. The Morgan fingerprint density at radius 3 is 2.39 bits per heavy atom. The van der Waals surface area contributed by atoms with Crippen LogP contribution in [0, 0.1) is 0 Å². The van der Waals surface area contributed by atoms with E-state index in [0.717, 1.165) is 6.42 Å². The van der Waals surface area contributed by atoms with Crippen molar-refractivity contribution in [2.75, 3.05) is 23.8 Å². The van der Waals surface area contributed by atoms with E-state index < -0.39 is 6.04 Å². The zero-order valence-corrected chi connectivity index (χ0v) is 17.5. The maximum atomic E-state index is 12.3. The number of ether oxygens (including phenoxy) is 1. The summed E-state index contributed by atoms with van der Waals surface area (Å²) in [4.78, 5) is 28.2. The number of aromatic nitrogens is 3. The second-order valence-electron chi connectivity index (χ2n) is 7.12. The molecule has 3 aromatic rings. The molecule has 2 aromatic carbocycles. The minimum Gasteiger partial charge on any atom is -0.381 e. The number of benzene rings is 2. The number of carbonyl (C=O) groups is 2. The van der Waals surface area contributed by atoms with E-state index in [4.69, 9.17) is 4.74 Å². The van der Waals surface area contributed by atoms with E-state index in [2.05, 4.69) is 32.8 Å². The molecule has 2 amide bonds. The van der Waals surface area contributed by atoms with Gasteiger partial charge in [-0.1, -0.05) is 30.3 Å². The highest BCUT2D eigenvalue weighted by atomic mass is 16.5. The molecule has 0 spiro atoms. The third-order valence-electron chi connectivity index (χ3n) is 4.72. The predicted octanol–water partition coefficient (Wildman–Crippen LogP) is 3.46. The molecule has 8 nitrogen and oxygen atoms in total. The average Bonchev–Trinajstić information content (AvgIpc) is 3.32. The van der Waals surface area contributed by atoms with Crippen LogP contribution in [0.1, 0.15) is 31.4 Å². The molecule has 162 valence electrons. The lowest BCUT2D eigenvalue weighted by molar-refractivity contribution is -0.119. The molecule has 0 aliphatic carbocycles. The molecule has 2 N–H and O–H groups in total. The number of amides is 2. The predicted molar refractivity (Wildman–Crippen MR) is 119 cm³/mol. The first-order valence-corrected chi connectivity index (χ1v) is 10.3. The zero-order chi connectivity index (χ0) is 21.9. The fraction of sp³-hybridized carbons (Fsp3) is 0.304. The van der Waals surface area contributed by atoms with Crippen LogP contribution in [0.15, 0.2) is 67.3 Å². The maximum absolute atomic E-state index is 12.3. The molecule has 8 heteroatoms. The normalized spacial score (nSPS) is 11.6. The maximum Gasteiger partial charge on any atom is 0.249 e. The lowest BCUT2D eigenvalue weighted by atomic mass is 10.2. The molecule has 0 saturated carbocycles. The molecule has 0 bridgehead atoms. The molecule has 0 aliphatic rings. The van der Waals surface area contributed by atoms with Crippen molar-refractivity contribution in [3.8, 4) is 0 Å². The van der Waals surface area contributed by atoms with E-state index in [0.29, 0.717) is 37.4 Å². The van der Waals surface area contributed by atoms with Crippen LogP contribution in [0.25, 0.3) is 0 Å². The SMILES string of the molecule is CC(C(=O)Nc1ccc(NC(=O)CCCOCCc2ccccc2)cc1)n1cncn1. The van der Waals surface area contributed by atoms with E-state index in [1.54, 1.807) is 31.2 Å².